The molecular formula is C11H14N4O2. The van der Waals surface area contributed by atoms with Gasteiger partial charge in [-0.05, 0) is 12.1 Å². The molecule has 17 heavy (non-hydrogen) atoms. The lowest BCUT2D eigenvalue weighted by molar-refractivity contribution is -0.123. The summed E-state index contributed by atoms with van der Waals surface area (Å²) in [7, 11) is 1.79. The molecular weight excluding hydrogens is 220 g/mol. The number of anilines is 1. The van der Waals surface area contributed by atoms with Crippen molar-refractivity contribution in [2.24, 2.45) is 0 Å². The zero-order chi connectivity index (χ0) is 12.3. The van der Waals surface area contributed by atoms with E-state index in [2.05, 4.69) is 15.6 Å². The number of carbonyl (C=O) groups excluding carboxylic acids is 2. The summed E-state index contributed by atoms with van der Waals surface area (Å²) in [6.45, 7) is 1.13. The molecule has 0 aromatic carbocycles. The number of rotatable bonds is 2. The smallest absolute Gasteiger partial charge is 0.272 e. The van der Waals surface area contributed by atoms with Gasteiger partial charge in [-0.1, -0.05) is 0 Å². The molecule has 6 nitrogen and oxygen atoms in total. The van der Waals surface area contributed by atoms with Crippen LogP contribution in [0.25, 0.3) is 0 Å². The third-order valence-corrected chi connectivity index (χ3v) is 2.60. The molecule has 0 unspecified atom stereocenters. The van der Waals surface area contributed by atoms with Gasteiger partial charge in [0.15, 0.2) is 0 Å². The molecule has 6 heteroatoms. The number of piperazine rings is 1. The van der Waals surface area contributed by atoms with Gasteiger partial charge < -0.3 is 15.5 Å². The van der Waals surface area contributed by atoms with E-state index < -0.39 is 0 Å². The SMILES string of the molecule is CNc1ccc(C(=O)N2CCNC(=O)C2)nc1. The van der Waals surface area contributed by atoms with Crippen molar-refractivity contribution in [1.82, 2.24) is 15.2 Å². The molecule has 2 rings (SSSR count). The molecule has 0 bridgehead atoms. The highest BCUT2D eigenvalue weighted by molar-refractivity contribution is 5.95. The summed E-state index contributed by atoms with van der Waals surface area (Å²) in [5, 5.41) is 5.60. The number of carbonyl (C=O) groups is 2. The van der Waals surface area contributed by atoms with Crippen LogP contribution in [0.2, 0.25) is 0 Å². The summed E-state index contributed by atoms with van der Waals surface area (Å²) in [6.07, 6.45) is 1.59. The Hall–Kier alpha value is -2.11. The van der Waals surface area contributed by atoms with Crippen molar-refractivity contribution in [2.75, 3.05) is 32.0 Å². The molecule has 1 aromatic heterocycles. The van der Waals surface area contributed by atoms with E-state index in [0.717, 1.165) is 5.69 Å². The van der Waals surface area contributed by atoms with Gasteiger partial charge in [-0.15, -0.1) is 0 Å². The quantitative estimate of drug-likeness (QED) is 0.736. The van der Waals surface area contributed by atoms with Gasteiger partial charge in [0.2, 0.25) is 5.91 Å². The fourth-order valence-electron chi connectivity index (χ4n) is 1.64. The number of amides is 2. The number of nitrogens with zero attached hydrogens (tertiary/aromatic N) is 2. The van der Waals surface area contributed by atoms with E-state index in [1.54, 1.807) is 25.4 Å². The minimum atomic E-state index is -0.206. The Kier molecular flexibility index (Phi) is 3.22. The van der Waals surface area contributed by atoms with Crippen LogP contribution in [0.3, 0.4) is 0 Å². The average molecular weight is 234 g/mol. The Morgan fingerprint density at radius 1 is 1.53 bits per heavy atom. The second kappa shape index (κ2) is 4.82. The van der Waals surface area contributed by atoms with Crippen molar-refractivity contribution in [3.8, 4) is 0 Å². The maximum absolute atomic E-state index is 12.0. The number of nitrogens with one attached hydrogen (secondary N) is 2. The molecule has 1 fully saturated rings. The van der Waals surface area contributed by atoms with E-state index in [9.17, 15) is 9.59 Å². The maximum atomic E-state index is 12.0. The summed E-state index contributed by atoms with van der Waals surface area (Å²) in [6, 6.07) is 3.44. The van der Waals surface area contributed by atoms with Crippen molar-refractivity contribution >= 4 is 17.5 Å². The van der Waals surface area contributed by atoms with E-state index >= 15 is 0 Å². The second-order valence-electron chi connectivity index (χ2n) is 3.76. The Morgan fingerprint density at radius 3 is 2.94 bits per heavy atom. The first-order valence-electron chi connectivity index (χ1n) is 5.40. The molecule has 1 aliphatic heterocycles. The van der Waals surface area contributed by atoms with Gasteiger partial charge in [-0.25, -0.2) is 4.98 Å². The topological polar surface area (TPSA) is 74.3 Å². The fourth-order valence-corrected chi connectivity index (χ4v) is 1.64. The molecule has 1 aromatic rings. The summed E-state index contributed by atoms with van der Waals surface area (Å²) >= 11 is 0. The fraction of sp³-hybridized carbons (Fsp3) is 0.364. The highest BCUT2D eigenvalue weighted by atomic mass is 16.2. The first kappa shape index (κ1) is 11.4. The number of hydrogen-bond acceptors (Lipinski definition) is 4. The van der Waals surface area contributed by atoms with Crippen LogP contribution < -0.4 is 10.6 Å². The summed E-state index contributed by atoms with van der Waals surface area (Å²) < 4.78 is 0. The highest BCUT2D eigenvalue weighted by Crippen LogP contribution is 2.08. The van der Waals surface area contributed by atoms with Crippen molar-refractivity contribution < 1.29 is 9.59 Å². The Morgan fingerprint density at radius 2 is 2.35 bits per heavy atom. The van der Waals surface area contributed by atoms with Crippen molar-refractivity contribution in [2.45, 2.75) is 0 Å². The zero-order valence-corrected chi connectivity index (χ0v) is 9.56. The molecule has 0 radical (unpaired) electrons. The minimum absolute atomic E-state index is 0.105. The minimum Gasteiger partial charge on any atom is -0.387 e. The van der Waals surface area contributed by atoms with Crippen molar-refractivity contribution in [3.05, 3.63) is 24.0 Å². The third kappa shape index (κ3) is 2.52. The standard InChI is InChI=1S/C11H14N4O2/c1-12-8-2-3-9(14-6-8)11(17)15-5-4-13-10(16)7-15/h2-3,6,12H,4-5,7H2,1H3,(H,13,16). The lowest BCUT2D eigenvalue weighted by Gasteiger charge is -2.26. The van der Waals surface area contributed by atoms with Crippen LogP contribution in [0.4, 0.5) is 5.69 Å². The van der Waals surface area contributed by atoms with Crippen LogP contribution >= 0.6 is 0 Å². The monoisotopic (exact) mass is 234 g/mol. The normalized spacial score (nSPS) is 15.4. The largest absolute Gasteiger partial charge is 0.387 e. The van der Waals surface area contributed by atoms with Crippen LogP contribution in [-0.2, 0) is 4.79 Å². The van der Waals surface area contributed by atoms with Gasteiger partial charge in [0.1, 0.15) is 5.69 Å². The third-order valence-electron chi connectivity index (χ3n) is 2.60. The van der Waals surface area contributed by atoms with E-state index in [-0.39, 0.29) is 18.4 Å². The predicted molar refractivity (Wildman–Crippen MR) is 62.7 cm³/mol. The molecule has 0 aliphatic carbocycles. The van der Waals surface area contributed by atoms with Gasteiger partial charge in [0, 0.05) is 20.1 Å². The number of aromatic nitrogens is 1. The van der Waals surface area contributed by atoms with E-state index in [1.165, 1.54) is 4.90 Å². The van der Waals surface area contributed by atoms with Crippen LogP contribution in [0, 0.1) is 0 Å². The van der Waals surface area contributed by atoms with Crippen LogP contribution in [0.5, 0.6) is 0 Å². The molecule has 2 amide bonds. The van der Waals surface area contributed by atoms with Gasteiger partial charge in [0.05, 0.1) is 18.4 Å². The van der Waals surface area contributed by atoms with Gasteiger partial charge >= 0.3 is 0 Å². The summed E-state index contributed by atoms with van der Waals surface area (Å²) in [4.78, 5) is 28.7. The Balaban J connectivity index is 2.10. The van der Waals surface area contributed by atoms with E-state index in [0.29, 0.717) is 18.8 Å². The molecule has 90 valence electrons. The first-order chi connectivity index (χ1) is 8.20. The van der Waals surface area contributed by atoms with Crippen LogP contribution in [0.1, 0.15) is 10.5 Å². The molecule has 0 atom stereocenters. The van der Waals surface area contributed by atoms with E-state index in [1.807, 2.05) is 0 Å². The Bertz CT molecular complexity index is 430. The van der Waals surface area contributed by atoms with Gasteiger partial charge in [0.25, 0.3) is 5.91 Å². The number of hydrogen-bond donors (Lipinski definition) is 2. The molecule has 0 saturated carbocycles. The predicted octanol–water partition coefficient (Wildman–Crippen LogP) is -0.305. The van der Waals surface area contributed by atoms with E-state index in [4.69, 9.17) is 0 Å². The maximum Gasteiger partial charge on any atom is 0.272 e. The molecule has 1 saturated heterocycles. The van der Waals surface area contributed by atoms with Crippen molar-refractivity contribution in [1.29, 1.82) is 0 Å². The highest BCUT2D eigenvalue weighted by Gasteiger charge is 2.22. The summed E-state index contributed by atoms with van der Waals surface area (Å²) in [5.74, 6) is -0.334. The van der Waals surface area contributed by atoms with Crippen LogP contribution in [0.15, 0.2) is 18.3 Å². The molecule has 0 spiro atoms. The second-order valence-corrected chi connectivity index (χ2v) is 3.76. The zero-order valence-electron chi connectivity index (χ0n) is 9.56. The van der Waals surface area contributed by atoms with Crippen molar-refractivity contribution in [3.63, 3.8) is 0 Å². The summed E-state index contributed by atoms with van der Waals surface area (Å²) in [5.41, 5.74) is 1.21. The lowest BCUT2D eigenvalue weighted by atomic mass is 10.2. The Labute approximate surface area is 99.0 Å². The van der Waals surface area contributed by atoms with Gasteiger partial charge in [-0.3, -0.25) is 9.59 Å². The average Bonchev–Trinajstić information content (AvgIpc) is 2.38. The van der Waals surface area contributed by atoms with Gasteiger partial charge in [-0.2, -0.15) is 0 Å². The lowest BCUT2D eigenvalue weighted by Crippen LogP contribution is -2.50. The molecule has 2 heterocycles. The molecule has 1 aliphatic rings. The van der Waals surface area contributed by atoms with Crippen LogP contribution in [-0.4, -0.2) is 48.4 Å². The first-order valence-corrected chi connectivity index (χ1v) is 5.40. The molecule has 2 N–H and O–H groups in total. The number of pyridine rings is 1.